The van der Waals surface area contributed by atoms with E-state index in [1.165, 1.54) is 6.33 Å². The lowest BCUT2D eigenvalue weighted by atomic mass is 10.2. The highest BCUT2D eigenvalue weighted by atomic mass is 19.4. The number of carbonyl (C=O) groups is 1. The molecule has 0 spiro atoms. The van der Waals surface area contributed by atoms with Crippen molar-refractivity contribution >= 4 is 11.6 Å². The quantitative estimate of drug-likeness (QED) is 0.791. The van der Waals surface area contributed by atoms with E-state index >= 15 is 0 Å². The van der Waals surface area contributed by atoms with E-state index in [2.05, 4.69) is 24.8 Å². The van der Waals surface area contributed by atoms with Crippen LogP contribution < -0.4 is 5.32 Å². The normalized spacial score (nSPS) is 11.5. The topological polar surface area (TPSA) is 85.8 Å². The van der Waals surface area contributed by atoms with Gasteiger partial charge in [0.05, 0.1) is 6.54 Å². The molecular weight excluding hydrogens is 327 g/mol. The molecule has 7 nitrogen and oxygen atoms in total. The van der Waals surface area contributed by atoms with E-state index in [1.54, 1.807) is 29.2 Å². The first-order chi connectivity index (χ1) is 11.4. The molecule has 2 heterocycles. The first-order valence-electron chi connectivity index (χ1n) is 6.67. The van der Waals surface area contributed by atoms with E-state index < -0.39 is 23.7 Å². The third-order valence-electron chi connectivity index (χ3n) is 2.98. The lowest BCUT2D eigenvalue weighted by molar-refractivity contribution is -0.157. The maximum absolute atomic E-state index is 12.4. The molecule has 0 atom stereocenters. The second kappa shape index (κ2) is 6.14. The minimum Gasteiger partial charge on any atom is -0.441 e. The smallest absolute Gasteiger partial charge is 0.441 e. The highest BCUT2D eigenvalue weighted by molar-refractivity contribution is 6.02. The van der Waals surface area contributed by atoms with Gasteiger partial charge >= 0.3 is 12.1 Å². The van der Waals surface area contributed by atoms with Gasteiger partial charge in [0.1, 0.15) is 18.9 Å². The summed E-state index contributed by atoms with van der Waals surface area (Å²) in [5.41, 5.74) is 0.785. The molecule has 0 aliphatic heterocycles. The van der Waals surface area contributed by atoms with Crippen LogP contribution in [-0.2, 0) is 12.7 Å². The molecule has 0 bridgehead atoms. The third-order valence-corrected chi connectivity index (χ3v) is 2.98. The standard InChI is InChI=1S/C14H10F3N5O2/c15-14(16,17)13-21-11(6-24-13)12(23)20-10-3-1-2-9(4-10)5-22-8-18-7-19-22/h1-4,6-8H,5H2,(H,20,23). The Morgan fingerprint density at radius 1 is 1.33 bits per heavy atom. The van der Waals surface area contributed by atoms with Crippen molar-refractivity contribution in [3.05, 3.63) is 60.3 Å². The first kappa shape index (κ1) is 15.7. The second-order valence-corrected chi connectivity index (χ2v) is 4.78. The first-order valence-corrected chi connectivity index (χ1v) is 6.67. The highest BCUT2D eigenvalue weighted by Gasteiger charge is 2.37. The number of hydrogen-bond acceptors (Lipinski definition) is 5. The Balaban J connectivity index is 1.71. The van der Waals surface area contributed by atoms with Gasteiger partial charge in [0.25, 0.3) is 5.91 Å². The fourth-order valence-corrected chi connectivity index (χ4v) is 1.95. The van der Waals surface area contributed by atoms with Crippen molar-refractivity contribution in [1.82, 2.24) is 19.7 Å². The molecular formula is C14H10F3N5O2. The van der Waals surface area contributed by atoms with Gasteiger partial charge in [-0.15, -0.1) is 0 Å². The number of amides is 1. The van der Waals surface area contributed by atoms with E-state index in [0.717, 1.165) is 5.56 Å². The number of carbonyl (C=O) groups excluding carboxylic acids is 1. The van der Waals surface area contributed by atoms with Gasteiger partial charge in [0.15, 0.2) is 5.69 Å². The maximum Gasteiger partial charge on any atom is 0.468 e. The Morgan fingerprint density at radius 2 is 2.17 bits per heavy atom. The zero-order chi connectivity index (χ0) is 17.2. The third kappa shape index (κ3) is 3.59. The van der Waals surface area contributed by atoms with Crippen molar-refractivity contribution in [3.8, 4) is 0 Å². The Morgan fingerprint density at radius 3 is 2.83 bits per heavy atom. The van der Waals surface area contributed by atoms with Crippen LogP contribution in [0.4, 0.5) is 18.9 Å². The number of hydrogen-bond donors (Lipinski definition) is 1. The summed E-state index contributed by atoms with van der Waals surface area (Å²) < 4.78 is 43.1. The summed E-state index contributed by atoms with van der Waals surface area (Å²) in [6.07, 6.45) is -1.14. The van der Waals surface area contributed by atoms with E-state index in [-0.39, 0.29) is 0 Å². The van der Waals surface area contributed by atoms with Crippen molar-refractivity contribution in [2.75, 3.05) is 5.32 Å². The van der Waals surface area contributed by atoms with Crippen LogP contribution in [0.5, 0.6) is 0 Å². The summed E-state index contributed by atoms with van der Waals surface area (Å²) in [6, 6.07) is 6.79. The average molecular weight is 337 g/mol. The van der Waals surface area contributed by atoms with Crippen LogP contribution in [0.1, 0.15) is 21.9 Å². The molecule has 3 aromatic rings. The average Bonchev–Trinajstić information content (AvgIpc) is 3.18. The molecule has 2 aromatic heterocycles. The van der Waals surface area contributed by atoms with E-state index in [9.17, 15) is 18.0 Å². The number of anilines is 1. The van der Waals surface area contributed by atoms with Crippen molar-refractivity contribution < 1.29 is 22.4 Å². The lowest BCUT2D eigenvalue weighted by Gasteiger charge is -2.06. The molecule has 1 N–H and O–H groups in total. The molecule has 0 aliphatic rings. The zero-order valence-electron chi connectivity index (χ0n) is 12.0. The van der Waals surface area contributed by atoms with Crippen LogP contribution in [0.2, 0.25) is 0 Å². The molecule has 24 heavy (non-hydrogen) atoms. The predicted octanol–water partition coefficient (Wildman–Crippen LogP) is 2.59. The molecule has 0 unspecified atom stereocenters. The number of alkyl halides is 3. The summed E-state index contributed by atoms with van der Waals surface area (Å²) in [5, 5.41) is 6.43. The van der Waals surface area contributed by atoms with Crippen molar-refractivity contribution in [3.63, 3.8) is 0 Å². The molecule has 1 aromatic carbocycles. The summed E-state index contributed by atoms with van der Waals surface area (Å²) in [7, 11) is 0. The molecule has 0 saturated carbocycles. The highest BCUT2D eigenvalue weighted by Crippen LogP contribution is 2.28. The van der Waals surface area contributed by atoms with E-state index in [0.29, 0.717) is 18.5 Å². The van der Waals surface area contributed by atoms with Crippen LogP contribution in [-0.4, -0.2) is 25.7 Å². The van der Waals surface area contributed by atoms with Crippen LogP contribution in [0.15, 0.2) is 47.6 Å². The van der Waals surface area contributed by atoms with Gasteiger partial charge in [0, 0.05) is 5.69 Å². The molecule has 3 rings (SSSR count). The number of oxazole rings is 1. The van der Waals surface area contributed by atoms with Gasteiger partial charge in [-0.1, -0.05) is 12.1 Å². The summed E-state index contributed by atoms with van der Waals surface area (Å²) in [6.45, 7) is 0.436. The van der Waals surface area contributed by atoms with Gasteiger partial charge in [-0.05, 0) is 17.7 Å². The Hall–Kier alpha value is -3.17. The van der Waals surface area contributed by atoms with Gasteiger partial charge < -0.3 is 9.73 Å². The minimum absolute atomic E-state index is 0.411. The van der Waals surface area contributed by atoms with Crippen LogP contribution >= 0.6 is 0 Å². The lowest BCUT2D eigenvalue weighted by Crippen LogP contribution is -2.14. The second-order valence-electron chi connectivity index (χ2n) is 4.78. The molecule has 1 amide bonds. The molecule has 0 aliphatic carbocycles. The minimum atomic E-state index is -4.74. The van der Waals surface area contributed by atoms with Gasteiger partial charge in [-0.3, -0.25) is 4.79 Å². The molecule has 0 fully saturated rings. The van der Waals surface area contributed by atoms with Crippen molar-refractivity contribution in [2.45, 2.75) is 12.7 Å². The van der Waals surface area contributed by atoms with E-state index in [1.807, 2.05) is 6.07 Å². The number of benzene rings is 1. The molecule has 124 valence electrons. The van der Waals surface area contributed by atoms with Crippen LogP contribution in [0.3, 0.4) is 0 Å². The van der Waals surface area contributed by atoms with Crippen LogP contribution in [0, 0.1) is 0 Å². The van der Waals surface area contributed by atoms with E-state index in [4.69, 9.17) is 0 Å². The monoisotopic (exact) mass is 337 g/mol. The largest absolute Gasteiger partial charge is 0.468 e. The molecule has 10 heteroatoms. The zero-order valence-corrected chi connectivity index (χ0v) is 12.0. The SMILES string of the molecule is O=C(Nc1cccc(Cn2cncn2)c1)c1coc(C(F)(F)F)n1. The summed E-state index contributed by atoms with van der Waals surface area (Å²) in [4.78, 5) is 18.9. The molecule has 0 radical (unpaired) electrons. The van der Waals surface area contributed by atoms with Crippen LogP contribution in [0.25, 0.3) is 0 Å². The Labute approximate surface area is 133 Å². The summed E-state index contributed by atoms with van der Waals surface area (Å²) >= 11 is 0. The Bertz CT molecular complexity index is 842. The van der Waals surface area contributed by atoms with Crippen molar-refractivity contribution in [1.29, 1.82) is 0 Å². The van der Waals surface area contributed by atoms with Gasteiger partial charge in [-0.2, -0.15) is 18.3 Å². The fraction of sp³-hybridized carbons (Fsp3) is 0.143. The number of nitrogens with zero attached hydrogens (tertiary/aromatic N) is 4. The number of aromatic nitrogens is 4. The Kier molecular flexibility index (Phi) is 4.02. The molecule has 0 saturated heterocycles. The maximum atomic E-state index is 12.4. The number of halogens is 3. The number of rotatable bonds is 4. The summed E-state index contributed by atoms with van der Waals surface area (Å²) in [5.74, 6) is -2.26. The van der Waals surface area contributed by atoms with Gasteiger partial charge in [-0.25, -0.2) is 14.6 Å². The number of nitrogens with one attached hydrogen (secondary N) is 1. The van der Waals surface area contributed by atoms with Gasteiger partial charge in [0.2, 0.25) is 0 Å². The fourth-order valence-electron chi connectivity index (χ4n) is 1.95. The van der Waals surface area contributed by atoms with Crippen molar-refractivity contribution in [2.24, 2.45) is 0 Å². The predicted molar refractivity (Wildman–Crippen MR) is 75.0 cm³/mol.